The summed E-state index contributed by atoms with van der Waals surface area (Å²) in [6.45, 7) is 3.68. The second-order valence-electron chi connectivity index (χ2n) is 2.94. The van der Waals surface area contributed by atoms with Crippen molar-refractivity contribution in [1.82, 2.24) is 0 Å². The summed E-state index contributed by atoms with van der Waals surface area (Å²) in [7, 11) is 0. The van der Waals surface area contributed by atoms with Gasteiger partial charge in [0.05, 0.1) is 0 Å². The van der Waals surface area contributed by atoms with Gasteiger partial charge < -0.3 is 15.9 Å². The molecule has 4 N–H and O–H groups in total. The molecule has 0 spiro atoms. The van der Waals surface area contributed by atoms with Crippen LogP contribution in [0.5, 0.6) is 0 Å². The van der Waals surface area contributed by atoms with Crippen molar-refractivity contribution < 1.29 is 10.2 Å². The van der Waals surface area contributed by atoms with Gasteiger partial charge >= 0.3 is 0 Å². The van der Waals surface area contributed by atoms with Gasteiger partial charge in [0.25, 0.3) is 0 Å². The molecule has 0 aliphatic rings. The molecule has 0 atom stereocenters. The molecule has 1 rings (SSSR count). The lowest BCUT2D eigenvalue weighted by Gasteiger charge is -2.09. The van der Waals surface area contributed by atoms with Gasteiger partial charge in [-0.1, -0.05) is 0 Å². The Kier molecular flexibility index (Phi) is 2.35. The first kappa shape index (κ1) is 9.03. The van der Waals surface area contributed by atoms with Gasteiger partial charge in [0.15, 0.2) is 6.29 Å². The summed E-state index contributed by atoms with van der Waals surface area (Å²) >= 11 is 0. The third-order valence-corrected chi connectivity index (χ3v) is 1.91. The molecule has 0 radical (unpaired) electrons. The number of hydrogen-bond donors (Lipinski definition) is 3. The fraction of sp³-hybridized carbons (Fsp3) is 0.333. The summed E-state index contributed by atoms with van der Waals surface area (Å²) < 4.78 is 0. The number of anilines is 1. The second kappa shape index (κ2) is 3.13. The van der Waals surface area contributed by atoms with Gasteiger partial charge in [-0.2, -0.15) is 0 Å². The molecule has 0 unspecified atom stereocenters. The van der Waals surface area contributed by atoms with Crippen LogP contribution in [0, 0.1) is 13.8 Å². The fourth-order valence-electron chi connectivity index (χ4n) is 1.16. The number of aliphatic hydroxyl groups excluding tert-OH is 1. The fourth-order valence-corrected chi connectivity index (χ4v) is 1.16. The lowest BCUT2D eigenvalue weighted by Crippen LogP contribution is -2.00. The normalized spacial score (nSPS) is 10.8. The van der Waals surface area contributed by atoms with E-state index in [0.29, 0.717) is 11.3 Å². The molecule has 66 valence electrons. The van der Waals surface area contributed by atoms with E-state index in [0.717, 1.165) is 11.1 Å². The van der Waals surface area contributed by atoms with E-state index in [-0.39, 0.29) is 0 Å². The molecule has 3 heteroatoms. The van der Waals surface area contributed by atoms with Crippen molar-refractivity contribution >= 4 is 5.69 Å². The van der Waals surface area contributed by atoms with Crippen LogP contribution in [0.3, 0.4) is 0 Å². The maximum atomic E-state index is 8.88. The molecule has 0 aliphatic carbocycles. The zero-order chi connectivity index (χ0) is 9.30. The second-order valence-corrected chi connectivity index (χ2v) is 2.94. The summed E-state index contributed by atoms with van der Waals surface area (Å²) in [6.07, 6.45) is -1.41. The smallest absolute Gasteiger partial charge is 0.178 e. The molecule has 0 saturated heterocycles. The number of hydrogen-bond acceptors (Lipinski definition) is 3. The Morgan fingerprint density at radius 1 is 1.17 bits per heavy atom. The van der Waals surface area contributed by atoms with Gasteiger partial charge in [-0.3, -0.25) is 0 Å². The topological polar surface area (TPSA) is 66.5 Å². The van der Waals surface area contributed by atoms with Crippen LogP contribution in [-0.4, -0.2) is 10.2 Å². The zero-order valence-electron chi connectivity index (χ0n) is 7.20. The van der Waals surface area contributed by atoms with Crippen LogP contribution < -0.4 is 5.73 Å². The highest BCUT2D eigenvalue weighted by Crippen LogP contribution is 2.21. The van der Waals surface area contributed by atoms with Crippen molar-refractivity contribution in [3.63, 3.8) is 0 Å². The van der Waals surface area contributed by atoms with Crippen molar-refractivity contribution in [2.24, 2.45) is 0 Å². The minimum atomic E-state index is -1.41. The molecule has 0 fully saturated rings. The third kappa shape index (κ3) is 1.57. The molecular formula is C9H13NO2. The number of rotatable bonds is 1. The van der Waals surface area contributed by atoms with Crippen molar-refractivity contribution in [3.8, 4) is 0 Å². The minimum absolute atomic E-state index is 0.485. The highest BCUT2D eigenvalue weighted by Gasteiger charge is 2.06. The van der Waals surface area contributed by atoms with Crippen molar-refractivity contribution in [2.75, 3.05) is 5.73 Å². The molecule has 1 aromatic carbocycles. The monoisotopic (exact) mass is 167 g/mol. The van der Waals surface area contributed by atoms with E-state index in [1.54, 1.807) is 12.1 Å². The van der Waals surface area contributed by atoms with E-state index >= 15 is 0 Å². The standard InChI is InChI=1S/C9H13NO2/c1-5-3-7(9(11)12)4-6(2)8(5)10/h3-4,9,11-12H,10H2,1-2H3. The number of aryl methyl sites for hydroxylation is 2. The lowest BCUT2D eigenvalue weighted by atomic mass is 10.0. The Hall–Kier alpha value is -1.06. The summed E-state index contributed by atoms with van der Waals surface area (Å²) in [5.41, 5.74) is 8.63. The van der Waals surface area contributed by atoms with Gasteiger partial charge in [0.1, 0.15) is 0 Å². The SMILES string of the molecule is Cc1cc(C(O)O)cc(C)c1N. The zero-order valence-corrected chi connectivity index (χ0v) is 7.20. The molecule has 0 aromatic heterocycles. The first-order valence-electron chi connectivity index (χ1n) is 3.75. The van der Waals surface area contributed by atoms with Gasteiger partial charge in [0.2, 0.25) is 0 Å². The quantitative estimate of drug-likeness (QED) is 0.429. The van der Waals surface area contributed by atoms with Crippen molar-refractivity contribution in [2.45, 2.75) is 20.1 Å². The van der Waals surface area contributed by atoms with Crippen LogP contribution in [0.15, 0.2) is 12.1 Å². The molecule has 1 aromatic rings. The predicted octanol–water partition coefficient (Wildman–Crippen LogP) is 0.869. The molecule has 0 aliphatic heterocycles. The molecule has 0 saturated carbocycles. The largest absolute Gasteiger partial charge is 0.398 e. The molecule has 3 nitrogen and oxygen atoms in total. The maximum absolute atomic E-state index is 8.88. The Labute approximate surface area is 71.5 Å². The average molecular weight is 167 g/mol. The van der Waals surface area contributed by atoms with Crippen LogP contribution in [-0.2, 0) is 0 Å². The van der Waals surface area contributed by atoms with E-state index in [2.05, 4.69) is 0 Å². The number of aliphatic hydroxyl groups is 2. The van der Waals surface area contributed by atoms with Crippen LogP contribution in [0.4, 0.5) is 5.69 Å². The maximum Gasteiger partial charge on any atom is 0.178 e. The summed E-state index contributed by atoms with van der Waals surface area (Å²) in [6, 6.07) is 3.35. The highest BCUT2D eigenvalue weighted by molar-refractivity contribution is 5.54. The summed E-state index contributed by atoms with van der Waals surface area (Å²) in [5.74, 6) is 0. The third-order valence-electron chi connectivity index (χ3n) is 1.91. The molecule has 0 bridgehead atoms. The van der Waals surface area contributed by atoms with Crippen LogP contribution >= 0.6 is 0 Å². The first-order valence-corrected chi connectivity index (χ1v) is 3.75. The van der Waals surface area contributed by atoms with Crippen LogP contribution in [0.2, 0.25) is 0 Å². The van der Waals surface area contributed by atoms with Crippen molar-refractivity contribution in [3.05, 3.63) is 28.8 Å². The number of nitrogen functional groups attached to an aromatic ring is 1. The van der Waals surface area contributed by atoms with E-state index in [9.17, 15) is 0 Å². The van der Waals surface area contributed by atoms with Gasteiger partial charge in [-0.25, -0.2) is 0 Å². The van der Waals surface area contributed by atoms with Gasteiger partial charge in [-0.05, 0) is 37.1 Å². The summed E-state index contributed by atoms with van der Waals surface area (Å²) in [5, 5.41) is 17.8. The van der Waals surface area contributed by atoms with Crippen LogP contribution in [0.1, 0.15) is 23.0 Å². The van der Waals surface area contributed by atoms with Gasteiger partial charge in [0, 0.05) is 11.3 Å². The molecule has 0 amide bonds. The van der Waals surface area contributed by atoms with E-state index < -0.39 is 6.29 Å². The Balaban J connectivity index is 3.21. The van der Waals surface area contributed by atoms with E-state index in [1.807, 2.05) is 13.8 Å². The van der Waals surface area contributed by atoms with E-state index in [4.69, 9.17) is 15.9 Å². The highest BCUT2D eigenvalue weighted by atomic mass is 16.5. The molecule has 0 heterocycles. The summed E-state index contributed by atoms with van der Waals surface area (Å²) in [4.78, 5) is 0. The van der Waals surface area contributed by atoms with E-state index in [1.165, 1.54) is 0 Å². The van der Waals surface area contributed by atoms with Crippen molar-refractivity contribution in [1.29, 1.82) is 0 Å². The minimum Gasteiger partial charge on any atom is -0.398 e. The van der Waals surface area contributed by atoms with Crippen LogP contribution in [0.25, 0.3) is 0 Å². The Bertz CT molecular complexity index is 272. The van der Waals surface area contributed by atoms with Gasteiger partial charge in [-0.15, -0.1) is 0 Å². The molecular weight excluding hydrogens is 154 g/mol. The predicted molar refractivity (Wildman–Crippen MR) is 47.5 cm³/mol. The first-order chi connectivity index (χ1) is 5.52. The number of nitrogens with two attached hydrogens (primary N) is 1. The Morgan fingerprint density at radius 3 is 1.92 bits per heavy atom. The Morgan fingerprint density at radius 2 is 1.58 bits per heavy atom. The lowest BCUT2D eigenvalue weighted by molar-refractivity contribution is -0.0425. The molecule has 12 heavy (non-hydrogen) atoms. The number of benzene rings is 1. The average Bonchev–Trinajstić information content (AvgIpc) is 1.99.